The van der Waals surface area contributed by atoms with Gasteiger partial charge in [0, 0.05) is 22.1 Å². The Labute approximate surface area is 185 Å². The van der Waals surface area contributed by atoms with Crippen LogP contribution in [-0.2, 0) is 16.1 Å². The molecule has 0 saturated heterocycles. The second-order valence-electron chi connectivity index (χ2n) is 7.21. The standard InChI is InChI=1S/C22H24Cl2N2O4/c23-16-3-1-15(2-4-16)13-30-22(28)26-19-9-7-18(8-10-19)25-21(27)14-29-20-11-5-17(24)6-12-20/h1-6,11-12,18-19H,7-10,13-14H2,(H,25,27)(H,26,28)/t18-,19-. The van der Waals surface area contributed by atoms with E-state index in [2.05, 4.69) is 10.6 Å². The van der Waals surface area contributed by atoms with Gasteiger partial charge in [0.05, 0.1) is 0 Å². The Hall–Kier alpha value is -2.44. The van der Waals surface area contributed by atoms with E-state index in [9.17, 15) is 9.59 Å². The average Bonchev–Trinajstić information content (AvgIpc) is 2.74. The van der Waals surface area contributed by atoms with Crippen molar-refractivity contribution in [3.05, 3.63) is 64.1 Å². The zero-order valence-electron chi connectivity index (χ0n) is 16.4. The van der Waals surface area contributed by atoms with E-state index in [1.165, 1.54) is 0 Å². The van der Waals surface area contributed by atoms with E-state index in [-0.39, 0.29) is 31.2 Å². The summed E-state index contributed by atoms with van der Waals surface area (Å²) in [6.45, 7) is 0.152. The van der Waals surface area contributed by atoms with Gasteiger partial charge in [-0.25, -0.2) is 4.79 Å². The molecule has 2 aromatic rings. The molecule has 0 aromatic heterocycles. The first kappa shape index (κ1) is 22.2. The highest BCUT2D eigenvalue weighted by atomic mass is 35.5. The number of rotatable bonds is 7. The maximum atomic E-state index is 12.1. The number of nitrogens with one attached hydrogen (secondary N) is 2. The van der Waals surface area contributed by atoms with Crippen LogP contribution in [0.3, 0.4) is 0 Å². The van der Waals surface area contributed by atoms with E-state index in [4.69, 9.17) is 32.7 Å². The number of carbonyl (C=O) groups excluding carboxylic acids is 2. The molecular weight excluding hydrogens is 427 g/mol. The number of ether oxygens (including phenoxy) is 2. The Balaban J connectivity index is 1.31. The maximum absolute atomic E-state index is 12.1. The lowest BCUT2D eigenvalue weighted by atomic mass is 9.91. The summed E-state index contributed by atoms with van der Waals surface area (Å²) in [5.41, 5.74) is 0.877. The summed E-state index contributed by atoms with van der Waals surface area (Å²) in [5.74, 6) is 0.434. The molecular formula is C22H24Cl2N2O4. The molecule has 2 N–H and O–H groups in total. The number of hydrogen-bond acceptors (Lipinski definition) is 4. The Morgan fingerprint density at radius 1 is 0.833 bits per heavy atom. The molecule has 1 aliphatic rings. The van der Waals surface area contributed by atoms with Gasteiger partial charge in [-0.15, -0.1) is 0 Å². The van der Waals surface area contributed by atoms with Gasteiger partial charge in [0.2, 0.25) is 0 Å². The van der Waals surface area contributed by atoms with Crippen LogP contribution in [0.15, 0.2) is 48.5 Å². The Morgan fingerprint density at radius 2 is 1.37 bits per heavy atom. The highest BCUT2D eigenvalue weighted by Crippen LogP contribution is 2.19. The topological polar surface area (TPSA) is 76.7 Å². The van der Waals surface area contributed by atoms with Gasteiger partial charge in [-0.1, -0.05) is 35.3 Å². The SMILES string of the molecule is O=C(COc1ccc(Cl)cc1)N[C@H]1CC[C@H](NC(=O)OCc2ccc(Cl)cc2)CC1. The minimum atomic E-state index is -0.436. The van der Waals surface area contributed by atoms with Crippen LogP contribution in [0.2, 0.25) is 10.0 Å². The molecule has 160 valence electrons. The summed E-state index contributed by atoms with van der Waals surface area (Å²) < 4.78 is 10.7. The molecule has 0 unspecified atom stereocenters. The van der Waals surface area contributed by atoms with Gasteiger partial charge in [0.1, 0.15) is 12.4 Å². The lowest BCUT2D eigenvalue weighted by molar-refractivity contribution is -0.124. The first-order chi connectivity index (χ1) is 14.5. The van der Waals surface area contributed by atoms with Crippen LogP contribution in [-0.4, -0.2) is 30.7 Å². The predicted octanol–water partition coefficient (Wildman–Crippen LogP) is 4.73. The normalized spacial score (nSPS) is 18.3. The lowest BCUT2D eigenvalue weighted by Crippen LogP contribution is -2.45. The molecule has 30 heavy (non-hydrogen) atoms. The summed E-state index contributed by atoms with van der Waals surface area (Å²) >= 11 is 11.7. The van der Waals surface area contributed by atoms with E-state index in [1.54, 1.807) is 36.4 Å². The molecule has 1 aliphatic carbocycles. The number of halogens is 2. The van der Waals surface area contributed by atoms with Crippen molar-refractivity contribution in [1.29, 1.82) is 0 Å². The summed E-state index contributed by atoms with van der Waals surface area (Å²) in [6, 6.07) is 14.1. The lowest BCUT2D eigenvalue weighted by Gasteiger charge is -2.29. The van der Waals surface area contributed by atoms with Crippen molar-refractivity contribution >= 4 is 35.2 Å². The fourth-order valence-electron chi connectivity index (χ4n) is 3.27. The zero-order valence-corrected chi connectivity index (χ0v) is 17.9. The maximum Gasteiger partial charge on any atom is 0.407 e. The van der Waals surface area contributed by atoms with Crippen molar-refractivity contribution in [3.63, 3.8) is 0 Å². The Bertz CT molecular complexity index is 764. The molecule has 3 rings (SSSR count). The molecule has 6 nitrogen and oxygen atoms in total. The Kier molecular flexibility index (Phi) is 8.22. The monoisotopic (exact) mass is 450 g/mol. The van der Waals surface area contributed by atoms with E-state index >= 15 is 0 Å². The molecule has 8 heteroatoms. The number of amides is 2. The number of alkyl carbamates (subject to hydrolysis) is 1. The van der Waals surface area contributed by atoms with Crippen LogP contribution in [0.5, 0.6) is 5.75 Å². The first-order valence-corrected chi connectivity index (χ1v) is 10.6. The van der Waals surface area contributed by atoms with Crippen LogP contribution in [0.25, 0.3) is 0 Å². The fourth-order valence-corrected chi connectivity index (χ4v) is 3.52. The van der Waals surface area contributed by atoms with E-state index in [1.807, 2.05) is 12.1 Å². The molecule has 0 bridgehead atoms. The summed E-state index contributed by atoms with van der Waals surface area (Å²) in [4.78, 5) is 24.1. The molecule has 1 fully saturated rings. The summed E-state index contributed by atoms with van der Waals surface area (Å²) in [6.07, 6.45) is 2.69. The Morgan fingerprint density at radius 3 is 1.97 bits per heavy atom. The van der Waals surface area contributed by atoms with Crippen LogP contribution in [0.1, 0.15) is 31.2 Å². The van der Waals surface area contributed by atoms with E-state index < -0.39 is 6.09 Å². The molecule has 0 aliphatic heterocycles. The van der Waals surface area contributed by atoms with Gasteiger partial charge in [-0.3, -0.25) is 4.79 Å². The molecule has 0 spiro atoms. The number of hydrogen-bond donors (Lipinski definition) is 2. The van der Waals surface area contributed by atoms with E-state index in [0.29, 0.717) is 15.8 Å². The number of carbonyl (C=O) groups is 2. The van der Waals surface area contributed by atoms with Crippen molar-refractivity contribution in [3.8, 4) is 5.75 Å². The highest BCUT2D eigenvalue weighted by Gasteiger charge is 2.24. The highest BCUT2D eigenvalue weighted by molar-refractivity contribution is 6.30. The van der Waals surface area contributed by atoms with Gasteiger partial charge < -0.3 is 20.1 Å². The van der Waals surface area contributed by atoms with Crippen LogP contribution in [0, 0.1) is 0 Å². The summed E-state index contributed by atoms with van der Waals surface area (Å²) in [7, 11) is 0. The smallest absolute Gasteiger partial charge is 0.407 e. The second-order valence-corrected chi connectivity index (χ2v) is 8.08. The van der Waals surface area contributed by atoms with Crippen LogP contribution >= 0.6 is 23.2 Å². The molecule has 2 aromatic carbocycles. The second kappa shape index (κ2) is 11.1. The van der Waals surface area contributed by atoms with Gasteiger partial charge in [0.15, 0.2) is 6.61 Å². The minimum Gasteiger partial charge on any atom is -0.484 e. The molecule has 0 atom stereocenters. The van der Waals surface area contributed by atoms with Crippen LogP contribution < -0.4 is 15.4 Å². The van der Waals surface area contributed by atoms with Crippen molar-refractivity contribution in [2.75, 3.05) is 6.61 Å². The predicted molar refractivity (Wildman–Crippen MR) is 116 cm³/mol. The first-order valence-electron chi connectivity index (χ1n) is 9.83. The zero-order chi connectivity index (χ0) is 21.3. The van der Waals surface area contributed by atoms with Gasteiger partial charge in [-0.05, 0) is 67.6 Å². The third-order valence-electron chi connectivity index (χ3n) is 4.88. The van der Waals surface area contributed by atoms with Crippen molar-refractivity contribution in [1.82, 2.24) is 10.6 Å². The van der Waals surface area contributed by atoms with Crippen molar-refractivity contribution in [2.24, 2.45) is 0 Å². The minimum absolute atomic E-state index is 0.0428. The third kappa shape index (κ3) is 7.43. The van der Waals surface area contributed by atoms with Crippen molar-refractivity contribution in [2.45, 2.75) is 44.4 Å². The van der Waals surface area contributed by atoms with Crippen molar-refractivity contribution < 1.29 is 19.1 Å². The average molecular weight is 451 g/mol. The number of benzene rings is 2. The molecule has 1 saturated carbocycles. The largest absolute Gasteiger partial charge is 0.484 e. The van der Waals surface area contributed by atoms with Gasteiger partial charge in [0.25, 0.3) is 5.91 Å². The van der Waals surface area contributed by atoms with Crippen LogP contribution in [0.4, 0.5) is 4.79 Å². The quantitative estimate of drug-likeness (QED) is 0.639. The third-order valence-corrected chi connectivity index (χ3v) is 5.38. The molecule has 0 heterocycles. The molecule has 2 amide bonds. The van der Waals surface area contributed by atoms with E-state index in [0.717, 1.165) is 31.2 Å². The summed E-state index contributed by atoms with van der Waals surface area (Å²) in [5, 5.41) is 7.13. The van der Waals surface area contributed by atoms with Gasteiger partial charge in [-0.2, -0.15) is 0 Å². The fraction of sp³-hybridized carbons (Fsp3) is 0.364. The molecule has 0 radical (unpaired) electrons. The van der Waals surface area contributed by atoms with Gasteiger partial charge >= 0.3 is 6.09 Å².